The zero-order valence-corrected chi connectivity index (χ0v) is 10.5. The molecule has 1 amide bonds. The summed E-state index contributed by atoms with van der Waals surface area (Å²) in [5.41, 5.74) is 5.78. The number of rotatable bonds is 6. The Morgan fingerprint density at radius 2 is 1.94 bits per heavy atom. The molecule has 0 bridgehead atoms. The zero-order valence-electron chi connectivity index (χ0n) is 10.5. The maximum absolute atomic E-state index is 12.0. The van der Waals surface area contributed by atoms with Gasteiger partial charge in [-0.3, -0.25) is 9.69 Å². The van der Waals surface area contributed by atoms with Gasteiger partial charge in [-0.25, -0.2) is 0 Å². The predicted molar refractivity (Wildman–Crippen MR) is 66.1 cm³/mol. The van der Waals surface area contributed by atoms with E-state index in [1.165, 1.54) is 0 Å². The van der Waals surface area contributed by atoms with E-state index < -0.39 is 0 Å². The number of amides is 1. The third-order valence-electron chi connectivity index (χ3n) is 3.01. The predicted octanol–water partition coefficient (Wildman–Crippen LogP) is -0.325. The summed E-state index contributed by atoms with van der Waals surface area (Å²) in [5, 5.41) is 17.1. The van der Waals surface area contributed by atoms with Crippen molar-refractivity contribution in [2.75, 3.05) is 32.7 Å². The minimum absolute atomic E-state index is 0.0189. The van der Waals surface area contributed by atoms with Gasteiger partial charge in [-0.2, -0.15) is 10.5 Å². The largest absolute Gasteiger partial charge is 0.340 e. The van der Waals surface area contributed by atoms with Crippen LogP contribution in [0.3, 0.4) is 0 Å². The lowest BCUT2D eigenvalue weighted by Crippen LogP contribution is -2.41. The molecule has 0 aromatic heterocycles. The Labute approximate surface area is 108 Å². The first-order valence-corrected chi connectivity index (χ1v) is 6.17. The van der Waals surface area contributed by atoms with Gasteiger partial charge in [0, 0.05) is 32.2 Å². The first kappa shape index (κ1) is 14.4. The highest BCUT2D eigenvalue weighted by Crippen LogP contribution is 2.07. The van der Waals surface area contributed by atoms with Crippen LogP contribution in [0, 0.1) is 22.7 Å². The Balaban J connectivity index is 2.43. The number of likely N-dealkylation sites (tertiary alicyclic amines) is 1. The van der Waals surface area contributed by atoms with E-state index in [0.29, 0.717) is 32.5 Å². The van der Waals surface area contributed by atoms with Crippen LogP contribution in [0.15, 0.2) is 0 Å². The lowest BCUT2D eigenvalue weighted by molar-refractivity contribution is -0.132. The topological polar surface area (TPSA) is 97.1 Å². The van der Waals surface area contributed by atoms with Gasteiger partial charge in [0.25, 0.3) is 0 Å². The lowest BCUT2D eigenvalue weighted by atomic mass is 10.3. The van der Waals surface area contributed by atoms with Crippen LogP contribution in [-0.4, -0.2) is 54.5 Å². The molecule has 1 fully saturated rings. The van der Waals surface area contributed by atoms with E-state index >= 15 is 0 Å². The van der Waals surface area contributed by atoms with Crippen molar-refractivity contribution < 1.29 is 4.79 Å². The Morgan fingerprint density at radius 1 is 1.33 bits per heavy atom. The third kappa shape index (κ3) is 4.70. The van der Waals surface area contributed by atoms with E-state index in [1.807, 2.05) is 17.0 Å². The molecule has 1 aliphatic rings. The first-order chi connectivity index (χ1) is 8.67. The SMILES string of the molecule is N#CCCN(CCC#N)C(=O)CN1CC[C@H](N)C1. The van der Waals surface area contributed by atoms with E-state index in [2.05, 4.69) is 0 Å². The fourth-order valence-corrected chi connectivity index (χ4v) is 2.03. The Bertz CT molecular complexity index is 338. The highest BCUT2D eigenvalue weighted by molar-refractivity contribution is 5.78. The molecular formula is C12H19N5O. The number of hydrogen-bond donors (Lipinski definition) is 1. The highest BCUT2D eigenvalue weighted by Gasteiger charge is 2.23. The van der Waals surface area contributed by atoms with Crippen molar-refractivity contribution in [3.05, 3.63) is 0 Å². The van der Waals surface area contributed by atoms with Crippen molar-refractivity contribution in [2.45, 2.75) is 25.3 Å². The average molecular weight is 249 g/mol. The molecule has 18 heavy (non-hydrogen) atoms. The lowest BCUT2D eigenvalue weighted by Gasteiger charge is -2.23. The summed E-state index contributed by atoms with van der Waals surface area (Å²) in [6.45, 7) is 2.73. The summed E-state index contributed by atoms with van der Waals surface area (Å²) in [4.78, 5) is 15.7. The second-order valence-electron chi connectivity index (χ2n) is 4.48. The van der Waals surface area contributed by atoms with Crippen LogP contribution in [0.2, 0.25) is 0 Å². The van der Waals surface area contributed by atoms with Gasteiger partial charge in [0.05, 0.1) is 31.5 Å². The Morgan fingerprint density at radius 3 is 2.39 bits per heavy atom. The number of nitrogens with zero attached hydrogens (tertiary/aromatic N) is 4. The highest BCUT2D eigenvalue weighted by atomic mass is 16.2. The fourth-order valence-electron chi connectivity index (χ4n) is 2.03. The third-order valence-corrected chi connectivity index (χ3v) is 3.01. The number of nitrogens with two attached hydrogens (primary N) is 1. The summed E-state index contributed by atoms with van der Waals surface area (Å²) in [5.74, 6) is -0.0189. The van der Waals surface area contributed by atoms with Crippen LogP contribution < -0.4 is 5.73 Å². The average Bonchev–Trinajstić information content (AvgIpc) is 2.75. The molecule has 1 aliphatic heterocycles. The van der Waals surface area contributed by atoms with Crippen LogP contribution in [0.4, 0.5) is 0 Å². The van der Waals surface area contributed by atoms with Crippen LogP contribution in [0.25, 0.3) is 0 Å². The Kier molecular flexibility index (Phi) is 6.13. The van der Waals surface area contributed by atoms with Crippen molar-refractivity contribution in [1.82, 2.24) is 9.80 Å². The summed E-state index contributed by atoms with van der Waals surface area (Å²) in [7, 11) is 0. The first-order valence-electron chi connectivity index (χ1n) is 6.17. The summed E-state index contributed by atoms with van der Waals surface area (Å²) < 4.78 is 0. The van der Waals surface area contributed by atoms with Crippen LogP contribution in [0.5, 0.6) is 0 Å². The molecule has 0 spiro atoms. The molecule has 98 valence electrons. The molecule has 1 saturated heterocycles. The van der Waals surface area contributed by atoms with E-state index in [1.54, 1.807) is 4.90 Å². The molecule has 0 unspecified atom stereocenters. The summed E-state index contributed by atoms with van der Waals surface area (Å²) >= 11 is 0. The molecule has 0 aromatic carbocycles. The minimum Gasteiger partial charge on any atom is -0.340 e. The number of carbonyl (C=O) groups is 1. The van der Waals surface area contributed by atoms with Gasteiger partial charge in [-0.05, 0) is 6.42 Å². The minimum atomic E-state index is -0.0189. The van der Waals surface area contributed by atoms with Crippen molar-refractivity contribution >= 4 is 5.91 Å². The van der Waals surface area contributed by atoms with Crippen molar-refractivity contribution in [3.63, 3.8) is 0 Å². The maximum atomic E-state index is 12.0. The quantitative estimate of drug-likeness (QED) is 0.695. The van der Waals surface area contributed by atoms with Crippen LogP contribution >= 0.6 is 0 Å². The maximum Gasteiger partial charge on any atom is 0.236 e. The second-order valence-corrected chi connectivity index (χ2v) is 4.48. The van der Waals surface area contributed by atoms with Crippen LogP contribution in [0.1, 0.15) is 19.3 Å². The number of carbonyl (C=O) groups excluding carboxylic acids is 1. The molecule has 0 radical (unpaired) electrons. The van der Waals surface area contributed by atoms with Gasteiger partial charge in [-0.1, -0.05) is 0 Å². The van der Waals surface area contributed by atoms with Crippen LogP contribution in [-0.2, 0) is 4.79 Å². The van der Waals surface area contributed by atoms with Gasteiger partial charge >= 0.3 is 0 Å². The zero-order chi connectivity index (χ0) is 13.4. The fraction of sp³-hybridized carbons (Fsp3) is 0.750. The molecule has 6 nitrogen and oxygen atoms in total. The second kappa shape index (κ2) is 7.65. The molecule has 0 aromatic rings. The molecule has 1 rings (SSSR count). The van der Waals surface area contributed by atoms with E-state index in [0.717, 1.165) is 19.5 Å². The monoisotopic (exact) mass is 249 g/mol. The van der Waals surface area contributed by atoms with Crippen molar-refractivity contribution in [1.29, 1.82) is 10.5 Å². The molecule has 0 aliphatic carbocycles. The molecule has 1 atom stereocenters. The van der Waals surface area contributed by atoms with Gasteiger partial charge in [0.2, 0.25) is 5.91 Å². The molecule has 0 saturated carbocycles. The molecule has 2 N–H and O–H groups in total. The van der Waals surface area contributed by atoms with Crippen molar-refractivity contribution in [3.8, 4) is 12.1 Å². The molecule has 6 heteroatoms. The standard InChI is InChI=1S/C12H19N5O/c13-4-1-6-17(7-2-5-14)12(18)10-16-8-3-11(15)9-16/h11H,1-3,6-10,15H2/t11-/m0/s1. The summed E-state index contributed by atoms with van der Waals surface area (Å²) in [6, 6.07) is 4.20. The number of hydrogen-bond acceptors (Lipinski definition) is 5. The van der Waals surface area contributed by atoms with E-state index in [9.17, 15) is 4.79 Å². The van der Waals surface area contributed by atoms with Gasteiger partial charge in [0.15, 0.2) is 0 Å². The van der Waals surface area contributed by atoms with E-state index in [4.69, 9.17) is 16.3 Å². The molecular weight excluding hydrogens is 230 g/mol. The Hall–Kier alpha value is -1.63. The van der Waals surface area contributed by atoms with Gasteiger partial charge in [0.1, 0.15) is 0 Å². The smallest absolute Gasteiger partial charge is 0.236 e. The molecule has 1 heterocycles. The summed E-state index contributed by atoms with van der Waals surface area (Å²) in [6.07, 6.45) is 1.52. The normalized spacial score (nSPS) is 19.2. The van der Waals surface area contributed by atoms with Gasteiger partial charge < -0.3 is 10.6 Å². The number of nitriles is 2. The van der Waals surface area contributed by atoms with E-state index in [-0.39, 0.29) is 11.9 Å². The van der Waals surface area contributed by atoms with Gasteiger partial charge in [-0.15, -0.1) is 0 Å². The van der Waals surface area contributed by atoms with Crippen molar-refractivity contribution in [2.24, 2.45) is 5.73 Å².